The minimum absolute atomic E-state index is 0. The maximum absolute atomic E-state index is 11.5. The molecule has 0 fully saturated rings. The molecular weight excluding hydrogens is 346 g/mol. The zero-order valence-electron chi connectivity index (χ0n) is 13.9. The van der Waals surface area contributed by atoms with Crippen molar-refractivity contribution in [1.29, 1.82) is 0 Å². The quantitative estimate of drug-likeness (QED) is 0.659. The number of carbonyl (C=O) groups excluding carboxylic acids is 1. The molecule has 24 heavy (non-hydrogen) atoms. The molecule has 2 aromatic rings. The molecule has 0 spiro atoms. The van der Waals surface area contributed by atoms with Gasteiger partial charge in [-0.05, 0) is 42.6 Å². The highest BCUT2D eigenvalue weighted by Crippen LogP contribution is 2.18. The molecule has 0 radical (unpaired) electrons. The van der Waals surface area contributed by atoms with Crippen molar-refractivity contribution < 1.29 is 14.6 Å². The predicted octanol–water partition coefficient (Wildman–Crippen LogP) is 3.85. The summed E-state index contributed by atoms with van der Waals surface area (Å²) >= 11 is 1.70. The molecule has 1 heterocycles. The first-order chi connectivity index (χ1) is 11.1. The van der Waals surface area contributed by atoms with E-state index in [1.165, 1.54) is 4.88 Å². The van der Waals surface area contributed by atoms with Crippen LogP contribution in [0.15, 0.2) is 41.8 Å². The monoisotopic (exact) mass is 369 g/mol. The van der Waals surface area contributed by atoms with Crippen molar-refractivity contribution >= 4 is 29.5 Å². The highest BCUT2D eigenvalue weighted by Gasteiger charge is 2.10. The molecule has 6 heteroatoms. The van der Waals surface area contributed by atoms with Crippen LogP contribution in [0.2, 0.25) is 0 Å². The van der Waals surface area contributed by atoms with Crippen LogP contribution in [0, 0.1) is 0 Å². The van der Waals surface area contributed by atoms with Crippen LogP contribution in [-0.2, 0) is 0 Å². The Balaban J connectivity index is 0.00000288. The standard InChI is InChI=1S/C18H23NO3S.ClH/c1-3-17(21)14-6-8-16(9-7-14)22-12-15(20)11-19-13(2)18-5-4-10-23-18;/h4-10,13,15,19-20H,3,11-12H2,1-2H3;1H. The van der Waals surface area contributed by atoms with Crippen molar-refractivity contribution in [3.8, 4) is 5.75 Å². The van der Waals surface area contributed by atoms with Gasteiger partial charge in [0.2, 0.25) is 0 Å². The highest BCUT2D eigenvalue weighted by molar-refractivity contribution is 7.10. The molecule has 0 aliphatic carbocycles. The molecule has 0 saturated carbocycles. The normalized spacial score (nSPS) is 13.0. The summed E-state index contributed by atoms with van der Waals surface area (Å²) in [6, 6.07) is 11.3. The fourth-order valence-corrected chi connectivity index (χ4v) is 2.90. The van der Waals surface area contributed by atoms with Crippen LogP contribution in [0.1, 0.15) is 41.5 Å². The number of hydrogen-bond donors (Lipinski definition) is 2. The molecule has 1 aromatic heterocycles. The Morgan fingerprint density at radius 3 is 2.58 bits per heavy atom. The molecule has 0 aliphatic rings. The van der Waals surface area contributed by atoms with Gasteiger partial charge in [-0.2, -0.15) is 0 Å². The molecule has 0 aliphatic heterocycles. The summed E-state index contributed by atoms with van der Waals surface area (Å²) in [5.74, 6) is 0.770. The van der Waals surface area contributed by atoms with E-state index in [0.29, 0.717) is 24.3 Å². The third-order valence-electron chi connectivity index (χ3n) is 3.57. The second-order valence-corrected chi connectivity index (χ2v) is 6.39. The van der Waals surface area contributed by atoms with E-state index >= 15 is 0 Å². The summed E-state index contributed by atoms with van der Waals surface area (Å²) in [6.07, 6.45) is -0.0955. The van der Waals surface area contributed by atoms with Crippen molar-refractivity contribution in [2.75, 3.05) is 13.2 Å². The molecule has 132 valence electrons. The number of hydrogen-bond acceptors (Lipinski definition) is 5. The highest BCUT2D eigenvalue weighted by atomic mass is 35.5. The van der Waals surface area contributed by atoms with Crippen molar-refractivity contribution in [3.63, 3.8) is 0 Å². The fraction of sp³-hybridized carbons (Fsp3) is 0.389. The van der Waals surface area contributed by atoms with Gasteiger partial charge < -0.3 is 15.2 Å². The number of rotatable bonds is 9. The van der Waals surface area contributed by atoms with Gasteiger partial charge >= 0.3 is 0 Å². The maximum atomic E-state index is 11.5. The second-order valence-electron chi connectivity index (χ2n) is 5.41. The largest absolute Gasteiger partial charge is 0.491 e. The summed E-state index contributed by atoms with van der Waals surface area (Å²) in [5.41, 5.74) is 0.687. The molecule has 2 atom stereocenters. The third-order valence-corrected chi connectivity index (χ3v) is 4.62. The van der Waals surface area contributed by atoms with Gasteiger partial charge in [0, 0.05) is 29.4 Å². The molecular formula is C18H24ClNO3S. The summed E-state index contributed by atoms with van der Waals surface area (Å²) in [5, 5.41) is 15.3. The molecule has 0 bridgehead atoms. The Kier molecular flexibility index (Phi) is 9.00. The summed E-state index contributed by atoms with van der Waals surface area (Å²) in [6.45, 7) is 4.59. The average Bonchev–Trinajstić information content (AvgIpc) is 3.12. The number of ketones is 1. The molecule has 4 nitrogen and oxygen atoms in total. The predicted molar refractivity (Wildman–Crippen MR) is 101 cm³/mol. The lowest BCUT2D eigenvalue weighted by Gasteiger charge is -2.17. The van der Waals surface area contributed by atoms with E-state index in [2.05, 4.69) is 18.3 Å². The van der Waals surface area contributed by atoms with Crippen molar-refractivity contribution in [2.45, 2.75) is 32.4 Å². The lowest BCUT2D eigenvalue weighted by molar-refractivity contribution is 0.0986. The van der Waals surface area contributed by atoms with Crippen molar-refractivity contribution in [2.24, 2.45) is 0 Å². The topological polar surface area (TPSA) is 58.6 Å². The number of thiophene rings is 1. The van der Waals surface area contributed by atoms with Gasteiger partial charge in [0.15, 0.2) is 5.78 Å². The first-order valence-corrected chi connectivity index (χ1v) is 8.69. The van der Waals surface area contributed by atoms with Crippen molar-refractivity contribution in [1.82, 2.24) is 5.32 Å². The van der Waals surface area contributed by atoms with E-state index < -0.39 is 6.10 Å². The third kappa shape index (κ3) is 6.24. The number of aliphatic hydroxyl groups is 1. The lowest BCUT2D eigenvalue weighted by atomic mass is 10.1. The zero-order chi connectivity index (χ0) is 16.7. The summed E-state index contributed by atoms with van der Waals surface area (Å²) < 4.78 is 5.56. The Labute approximate surface area is 153 Å². The molecule has 0 saturated heterocycles. The van der Waals surface area contributed by atoms with E-state index in [4.69, 9.17) is 4.74 Å². The van der Waals surface area contributed by atoms with Crippen LogP contribution in [-0.4, -0.2) is 30.1 Å². The average molecular weight is 370 g/mol. The van der Waals surface area contributed by atoms with E-state index in [0.717, 1.165) is 0 Å². The first-order valence-electron chi connectivity index (χ1n) is 7.81. The maximum Gasteiger partial charge on any atom is 0.162 e. The fourth-order valence-electron chi connectivity index (χ4n) is 2.14. The van der Waals surface area contributed by atoms with Crippen LogP contribution >= 0.6 is 23.7 Å². The number of benzene rings is 1. The smallest absolute Gasteiger partial charge is 0.162 e. The minimum atomic E-state index is -0.589. The Bertz CT molecular complexity index is 601. The van der Waals surface area contributed by atoms with E-state index in [9.17, 15) is 9.90 Å². The van der Waals surface area contributed by atoms with E-state index in [1.54, 1.807) is 35.6 Å². The van der Waals surface area contributed by atoms with Gasteiger partial charge in [-0.3, -0.25) is 4.79 Å². The van der Waals surface area contributed by atoms with Crippen molar-refractivity contribution in [3.05, 3.63) is 52.2 Å². The SMILES string of the molecule is CCC(=O)c1ccc(OCC(O)CNC(C)c2cccs2)cc1.Cl. The Morgan fingerprint density at radius 1 is 1.29 bits per heavy atom. The van der Waals surface area contributed by atoms with Gasteiger partial charge in [0.25, 0.3) is 0 Å². The van der Waals surface area contributed by atoms with Crippen LogP contribution in [0.5, 0.6) is 5.75 Å². The molecule has 2 N–H and O–H groups in total. The zero-order valence-corrected chi connectivity index (χ0v) is 15.5. The summed E-state index contributed by atoms with van der Waals surface area (Å²) in [7, 11) is 0. The van der Waals surface area contributed by atoms with Gasteiger partial charge in [0.05, 0.1) is 0 Å². The van der Waals surface area contributed by atoms with E-state index in [1.807, 2.05) is 18.4 Å². The number of carbonyl (C=O) groups is 1. The second kappa shape index (κ2) is 10.5. The van der Waals surface area contributed by atoms with Gasteiger partial charge in [-0.1, -0.05) is 13.0 Å². The number of aliphatic hydroxyl groups excluding tert-OH is 1. The number of Topliss-reactive ketones (excluding diaryl/α,β-unsaturated/α-hetero) is 1. The molecule has 1 aromatic carbocycles. The van der Waals surface area contributed by atoms with Crippen LogP contribution in [0.25, 0.3) is 0 Å². The van der Waals surface area contributed by atoms with E-state index in [-0.39, 0.29) is 30.8 Å². The number of ether oxygens (including phenoxy) is 1. The lowest BCUT2D eigenvalue weighted by Crippen LogP contribution is -2.32. The summed E-state index contributed by atoms with van der Waals surface area (Å²) in [4.78, 5) is 12.8. The molecule has 2 rings (SSSR count). The Hall–Kier alpha value is -1.40. The van der Waals surface area contributed by atoms with Crippen LogP contribution in [0.4, 0.5) is 0 Å². The van der Waals surface area contributed by atoms with Crippen LogP contribution in [0.3, 0.4) is 0 Å². The number of halogens is 1. The van der Waals surface area contributed by atoms with Crippen LogP contribution < -0.4 is 10.1 Å². The molecule has 2 unspecified atom stereocenters. The minimum Gasteiger partial charge on any atom is -0.491 e. The van der Waals surface area contributed by atoms with Gasteiger partial charge in [0.1, 0.15) is 18.5 Å². The Morgan fingerprint density at radius 2 is 2.00 bits per heavy atom. The van der Waals surface area contributed by atoms with Gasteiger partial charge in [-0.15, -0.1) is 23.7 Å². The first kappa shape index (κ1) is 20.6. The van der Waals surface area contributed by atoms with Gasteiger partial charge in [-0.25, -0.2) is 0 Å². The molecule has 0 amide bonds. The number of nitrogens with one attached hydrogen (secondary N) is 1.